The molecule has 2 atom stereocenters. The van der Waals surface area contributed by atoms with Crippen LogP contribution in [0.3, 0.4) is 0 Å². The second kappa shape index (κ2) is 5.87. The first kappa shape index (κ1) is 14.3. The predicted molar refractivity (Wildman–Crippen MR) is 74.7 cm³/mol. The first-order valence-electron chi connectivity index (χ1n) is 7.36. The van der Waals surface area contributed by atoms with Gasteiger partial charge in [-0.05, 0) is 52.4 Å². The molecule has 2 N–H and O–H groups in total. The van der Waals surface area contributed by atoms with Gasteiger partial charge in [0.2, 0.25) is 0 Å². The summed E-state index contributed by atoms with van der Waals surface area (Å²) in [6, 6.07) is 0.683. The lowest BCUT2D eigenvalue weighted by atomic mass is 9.93. The Kier molecular flexibility index (Phi) is 4.64. The van der Waals surface area contributed by atoms with Gasteiger partial charge in [-0.15, -0.1) is 0 Å². The molecule has 2 fully saturated rings. The smallest absolute Gasteiger partial charge is 0.0628 e. The maximum atomic E-state index is 9.85. The highest BCUT2D eigenvalue weighted by Gasteiger charge is 2.46. The van der Waals surface area contributed by atoms with Gasteiger partial charge in [0.15, 0.2) is 0 Å². The molecule has 0 amide bonds. The summed E-state index contributed by atoms with van der Waals surface area (Å²) < 4.78 is 0. The summed E-state index contributed by atoms with van der Waals surface area (Å²) in [5.41, 5.74) is -0.0457. The number of likely N-dealkylation sites (tertiary alicyclic amines) is 1. The average Bonchev–Trinajstić information content (AvgIpc) is 3.09. The number of likely N-dealkylation sites (N-methyl/N-ethyl adjacent to an activating group) is 2. The molecule has 4 heteroatoms. The predicted octanol–water partition coefficient (Wildman–Crippen LogP) is 0.373. The zero-order valence-corrected chi connectivity index (χ0v) is 12.2. The van der Waals surface area contributed by atoms with E-state index >= 15 is 0 Å². The normalized spacial score (nSPS) is 28.8. The summed E-state index contributed by atoms with van der Waals surface area (Å²) in [5.74, 6) is 0.681. The summed E-state index contributed by atoms with van der Waals surface area (Å²) in [6.07, 6.45) is 3.81. The third-order valence-corrected chi connectivity index (χ3v) is 4.65. The Labute approximate surface area is 111 Å². The highest BCUT2D eigenvalue weighted by atomic mass is 16.3. The van der Waals surface area contributed by atoms with Gasteiger partial charge in [0.25, 0.3) is 0 Å². The van der Waals surface area contributed by atoms with Gasteiger partial charge in [-0.25, -0.2) is 0 Å². The quantitative estimate of drug-likeness (QED) is 0.689. The fourth-order valence-electron chi connectivity index (χ4n) is 3.33. The van der Waals surface area contributed by atoms with Crippen LogP contribution in [-0.4, -0.2) is 73.4 Å². The second-order valence-electron chi connectivity index (χ2n) is 6.26. The van der Waals surface area contributed by atoms with Crippen molar-refractivity contribution in [3.8, 4) is 0 Å². The van der Waals surface area contributed by atoms with Crippen molar-refractivity contribution in [2.45, 2.75) is 37.8 Å². The molecule has 0 radical (unpaired) electrons. The molecule has 2 aliphatic rings. The van der Waals surface area contributed by atoms with Gasteiger partial charge in [-0.1, -0.05) is 6.92 Å². The minimum atomic E-state index is -0.0457. The van der Waals surface area contributed by atoms with Crippen LogP contribution >= 0.6 is 0 Å². The first-order valence-corrected chi connectivity index (χ1v) is 7.36. The van der Waals surface area contributed by atoms with Crippen molar-refractivity contribution in [1.82, 2.24) is 15.1 Å². The highest BCUT2D eigenvalue weighted by Crippen LogP contribution is 2.40. The van der Waals surface area contributed by atoms with E-state index in [1.54, 1.807) is 0 Å². The molecule has 0 bridgehead atoms. The van der Waals surface area contributed by atoms with Crippen LogP contribution in [0.2, 0.25) is 0 Å². The van der Waals surface area contributed by atoms with E-state index in [0.29, 0.717) is 12.0 Å². The molecule has 2 unspecified atom stereocenters. The van der Waals surface area contributed by atoms with Crippen molar-refractivity contribution < 1.29 is 5.11 Å². The molecule has 0 aromatic rings. The van der Waals surface area contributed by atoms with Gasteiger partial charge in [0.05, 0.1) is 12.1 Å². The summed E-state index contributed by atoms with van der Waals surface area (Å²) in [4.78, 5) is 4.85. The van der Waals surface area contributed by atoms with Crippen molar-refractivity contribution in [3.05, 3.63) is 0 Å². The molecule has 2 rings (SSSR count). The van der Waals surface area contributed by atoms with Gasteiger partial charge in [-0.3, -0.25) is 4.90 Å². The van der Waals surface area contributed by atoms with Crippen LogP contribution in [0.25, 0.3) is 0 Å². The lowest BCUT2D eigenvalue weighted by Gasteiger charge is -2.37. The minimum Gasteiger partial charge on any atom is -0.394 e. The zero-order valence-electron chi connectivity index (χ0n) is 12.2. The van der Waals surface area contributed by atoms with E-state index in [4.69, 9.17) is 0 Å². The van der Waals surface area contributed by atoms with E-state index in [1.165, 1.54) is 25.8 Å². The van der Waals surface area contributed by atoms with E-state index in [-0.39, 0.29) is 12.1 Å². The van der Waals surface area contributed by atoms with Crippen LogP contribution in [0.5, 0.6) is 0 Å². The fourth-order valence-corrected chi connectivity index (χ4v) is 3.33. The summed E-state index contributed by atoms with van der Waals surface area (Å²) in [7, 11) is 4.33. The van der Waals surface area contributed by atoms with Crippen molar-refractivity contribution >= 4 is 0 Å². The Bertz CT molecular complexity index is 268. The van der Waals surface area contributed by atoms with Crippen molar-refractivity contribution in [3.63, 3.8) is 0 Å². The van der Waals surface area contributed by atoms with Crippen molar-refractivity contribution in [2.75, 3.05) is 46.9 Å². The maximum Gasteiger partial charge on any atom is 0.0628 e. The third-order valence-electron chi connectivity index (χ3n) is 4.65. The topological polar surface area (TPSA) is 38.7 Å². The monoisotopic (exact) mass is 255 g/mol. The molecule has 0 aromatic carbocycles. The molecular weight excluding hydrogens is 226 g/mol. The van der Waals surface area contributed by atoms with Gasteiger partial charge < -0.3 is 15.3 Å². The van der Waals surface area contributed by atoms with Crippen molar-refractivity contribution in [1.29, 1.82) is 0 Å². The molecule has 18 heavy (non-hydrogen) atoms. The molecule has 0 spiro atoms. The Morgan fingerprint density at radius 2 is 2.06 bits per heavy atom. The number of hydrogen-bond donors (Lipinski definition) is 2. The molecule has 0 aromatic heterocycles. The van der Waals surface area contributed by atoms with E-state index in [0.717, 1.165) is 19.6 Å². The number of rotatable bonds is 7. The van der Waals surface area contributed by atoms with Crippen LogP contribution < -0.4 is 5.32 Å². The van der Waals surface area contributed by atoms with Crippen LogP contribution in [0.15, 0.2) is 0 Å². The van der Waals surface area contributed by atoms with E-state index in [1.807, 2.05) is 0 Å². The summed E-state index contributed by atoms with van der Waals surface area (Å²) >= 11 is 0. The standard InChI is InChI=1S/C14H29N3O/c1-4-15-14(11-18,12-5-6-12)10-17-8-7-13(9-17)16(2)3/h12-13,15,18H,4-11H2,1-3H3. The number of aliphatic hydroxyl groups is 1. The van der Waals surface area contributed by atoms with Gasteiger partial charge >= 0.3 is 0 Å². The summed E-state index contributed by atoms with van der Waals surface area (Å²) in [6.45, 7) is 6.68. The zero-order chi connectivity index (χ0) is 13.2. The lowest BCUT2D eigenvalue weighted by Crippen LogP contribution is -2.57. The molecule has 1 saturated carbocycles. The number of hydrogen-bond acceptors (Lipinski definition) is 4. The van der Waals surface area contributed by atoms with Crippen LogP contribution in [0.4, 0.5) is 0 Å². The molecule has 1 aliphatic carbocycles. The third kappa shape index (κ3) is 3.05. The number of nitrogens with zero attached hydrogens (tertiary/aromatic N) is 2. The Hall–Kier alpha value is -0.160. The van der Waals surface area contributed by atoms with Gasteiger partial charge in [0, 0.05) is 19.1 Å². The van der Waals surface area contributed by atoms with Crippen LogP contribution in [-0.2, 0) is 0 Å². The number of aliphatic hydroxyl groups excluding tert-OH is 1. The van der Waals surface area contributed by atoms with Crippen LogP contribution in [0, 0.1) is 5.92 Å². The first-order chi connectivity index (χ1) is 8.61. The Morgan fingerprint density at radius 1 is 1.33 bits per heavy atom. The minimum absolute atomic E-state index is 0.0457. The maximum absolute atomic E-state index is 9.85. The molecule has 1 heterocycles. The molecular formula is C14H29N3O. The molecule has 4 nitrogen and oxygen atoms in total. The fraction of sp³-hybridized carbons (Fsp3) is 1.00. The largest absolute Gasteiger partial charge is 0.394 e. The SMILES string of the molecule is CCNC(CO)(CN1CCC(N(C)C)C1)C1CC1. The van der Waals surface area contributed by atoms with E-state index < -0.39 is 0 Å². The second-order valence-corrected chi connectivity index (χ2v) is 6.26. The molecule has 106 valence electrons. The Morgan fingerprint density at radius 3 is 2.50 bits per heavy atom. The van der Waals surface area contributed by atoms with Crippen LogP contribution in [0.1, 0.15) is 26.2 Å². The lowest BCUT2D eigenvalue weighted by molar-refractivity contribution is 0.0988. The van der Waals surface area contributed by atoms with E-state index in [2.05, 4.69) is 36.1 Å². The number of nitrogens with one attached hydrogen (secondary N) is 1. The van der Waals surface area contributed by atoms with Crippen molar-refractivity contribution in [2.24, 2.45) is 5.92 Å². The Balaban J connectivity index is 1.93. The van der Waals surface area contributed by atoms with E-state index in [9.17, 15) is 5.11 Å². The van der Waals surface area contributed by atoms with Gasteiger partial charge in [-0.2, -0.15) is 0 Å². The average molecular weight is 255 g/mol. The molecule has 1 aliphatic heterocycles. The summed E-state index contributed by atoms with van der Waals surface area (Å²) in [5, 5.41) is 13.4. The molecule has 1 saturated heterocycles. The highest BCUT2D eigenvalue weighted by molar-refractivity contribution is 5.03. The van der Waals surface area contributed by atoms with Gasteiger partial charge in [0.1, 0.15) is 0 Å².